The van der Waals surface area contributed by atoms with Crippen molar-refractivity contribution in [2.45, 2.75) is 69.8 Å². The minimum absolute atomic E-state index is 0.136. The molecule has 6 rings (SSSR count). The van der Waals surface area contributed by atoms with Gasteiger partial charge in [-0.2, -0.15) is 8.78 Å². The lowest BCUT2D eigenvalue weighted by Gasteiger charge is -2.60. The molecule has 0 radical (unpaired) electrons. The molecule has 12 heteroatoms. The van der Waals surface area contributed by atoms with Crippen LogP contribution in [0.1, 0.15) is 69.7 Å². The maximum absolute atomic E-state index is 14.2. The van der Waals surface area contributed by atoms with Crippen molar-refractivity contribution in [1.82, 2.24) is 0 Å². The van der Waals surface area contributed by atoms with Crippen molar-refractivity contribution < 1.29 is 45.6 Å². The predicted molar refractivity (Wildman–Crippen MR) is 157 cm³/mol. The Bertz CT molecular complexity index is 1280. The van der Waals surface area contributed by atoms with E-state index >= 15 is 0 Å². The second-order valence-corrected chi connectivity index (χ2v) is 17.4. The van der Waals surface area contributed by atoms with Crippen LogP contribution < -0.4 is 4.74 Å². The fraction of sp³-hybridized carbons (Fsp3) is 0.742. The molecule has 5 fully saturated rings. The lowest BCUT2D eigenvalue weighted by atomic mass is 9.45. The summed E-state index contributed by atoms with van der Waals surface area (Å²) in [5.74, 6) is 2.63. The van der Waals surface area contributed by atoms with Gasteiger partial charge >= 0.3 is 11.2 Å². The normalized spacial score (nSPS) is 30.2. The summed E-state index contributed by atoms with van der Waals surface area (Å²) in [6.45, 7) is 6.36. The highest BCUT2D eigenvalue weighted by Gasteiger charge is 2.61. The predicted octanol–water partition coefficient (Wildman–Crippen LogP) is 4.83. The summed E-state index contributed by atoms with van der Waals surface area (Å²) in [6.07, 6.45) is 4.21. The van der Waals surface area contributed by atoms with Crippen LogP contribution in [0.3, 0.4) is 0 Å². The van der Waals surface area contributed by atoms with Gasteiger partial charge in [0.1, 0.15) is 17.3 Å². The van der Waals surface area contributed by atoms with Crippen molar-refractivity contribution in [1.29, 1.82) is 0 Å². The van der Waals surface area contributed by atoms with E-state index in [0.717, 1.165) is 36.5 Å². The third-order valence-electron chi connectivity index (χ3n) is 10.1. The fourth-order valence-electron chi connectivity index (χ4n) is 8.56. The molecular weight excluding hydrogens is 602 g/mol. The van der Waals surface area contributed by atoms with Crippen molar-refractivity contribution in [3.63, 3.8) is 0 Å². The van der Waals surface area contributed by atoms with Crippen LogP contribution in [0.4, 0.5) is 8.78 Å². The molecule has 1 saturated heterocycles. The van der Waals surface area contributed by atoms with Crippen molar-refractivity contribution in [3.8, 4) is 5.75 Å². The van der Waals surface area contributed by atoms with Crippen LogP contribution in [0.2, 0.25) is 0 Å². The molecule has 1 aromatic carbocycles. The summed E-state index contributed by atoms with van der Waals surface area (Å²) in [5.41, 5.74) is -0.599. The van der Waals surface area contributed by atoms with Crippen molar-refractivity contribution in [2.75, 3.05) is 37.9 Å². The zero-order valence-corrected chi connectivity index (χ0v) is 26.7. The molecule has 4 aliphatic carbocycles. The van der Waals surface area contributed by atoms with Crippen molar-refractivity contribution in [2.24, 2.45) is 34.5 Å². The molecular formula is C31H42F2O8S2. The molecule has 3 unspecified atom stereocenters. The molecule has 1 aromatic rings. The fourth-order valence-corrected chi connectivity index (χ4v) is 11.5. The summed E-state index contributed by atoms with van der Waals surface area (Å²) in [4.78, 5) is 27.4. The Morgan fingerprint density at radius 3 is 2.26 bits per heavy atom. The Morgan fingerprint density at radius 2 is 1.70 bits per heavy atom. The van der Waals surface area contributed by atoms with Gasteiger partial charge in [-0.15, -0.1) is 0 Å². The molecule has 4 saturated carbocycles. The van der Waals surface area contributed by atoms with Crippen LogP contribution in [0.5, 0.6) is 5.75 Å². The molecule has 1 heterocycles. The number of benzene rings is 1. The highest BCUT2D eigenvalue weighted by Crippen LogP contribution is 2.64. The van der Waals surface area contributed by atoms with E-state index < -0.39 is 33.4 Å². The minimum atomic E-state index is -5.93. The highest BCUT2D eigenvalue weighted by atomic mass is 32.2. The van der Waals surface area contributed by atoms with E-state index in [0.29, 0.717) is 44.6 Å². The molecule has 8 nitrogen and oxygen atoms in total. The first-order valence-electron chi connectivity index (χ1n) is 15.2. The molecule has 3 atom stereocenters. The van der Waals surface area contributed by atoms with Gasteiger partial charge in [0.2, 0.25) is 5.78 Å². The zero-order chi connectivity index (χ0) is 31.2. The number of hydrogen-bond donors (Lipinski definition) is 0. The van der Waals surface area contributed by atoms with Gasteiger partial charge in [-0.1, -0.05) is 13.8 Å². The van der Waals surface area contributed by atoms with Crippen LogP contribution in [-0.2, 0) is 35.3 Å². The first kappa shape index (κ1) is 32.6. The molecule has 240 valence electrons. The topological polar surface area (TPSA) is 119 Å². The van der Waals surface area contributed by atoms with Crippen LogP contribution >= 0.6 is 0 Å². The number of alkyl halides is 2. The van der Waals surface area contributed by atoms with Gasteiger partial charge in [-0.3, -0.25) is 9.59 Å². The lowest BCUT2D eigenvalue weighted by Crippen LogP contribution is -2.56. The molecule has 0 spiro atoms. The Balaban J connectivity index is 1.33. The van der Waals surface area contributed by atoms with E-state index in [1.807, 2.05) is 31.2 Å². The van der Waals surface area contributed by atoms with Crippen LogP contribution in [-0.4, -0.2) is 73.2 Å². The third-order valence-corrected chi connectivity index (χ3v) is 13.9. The SMILES string of the molecule is CCOc1ccc(C(=O)C([S+]2CCOCC2)C(C)(C)CC2C3CC4CC2CC(C(=O)OCC(F)(F)S(=O)(=O)[O-])(C4)C3)cc1. The average Bonchev–Trinajstić information content (AvgIpc) is 2.94. The van der Waals surface area contributed by atoms with Gasteiger partial charge in [0.25, 0.3) is 0 Å². The Labute approximate surface area is 255 Å². The number of ketones is 1. The molecule has 4 bridgehead atoms. The molecule has 0 aromatic heterocycles. The standard InChI is InChI=1S/C31H42F2O8S2/c1-4-40-24-7-5-21(6-8-24)26(34)27(42-11-9-39-10-12-42)29(2,3)18-25-22-13-20-14-23(25)17-30(15-20,16-22)28(35)41-19-31(32,33)43(36,37)38/h5-8,20,22-23,25,27H,4,9-19H2,1-3H3. The number of hydrogen-bond acceptors (Lipinski definition) is 8. The monoisotopic (exact) mass is 644 g/mol. The van der Waals surface area contributed by atoms with Gasteiger partial charge in [-0.25, -0.2) is 8.42 Å². The number of carbonyl (C=O) groups excluding carboxylic acids is 2. The quantitative estimate of drug-likeness (QED) is 0.138. The molecule has 1 aliphatic heterocycles. The Hall–Kier alpha value is -1.76. The number of ether oxygens (including phenoxy) is 3. The maximum atomic E-state index is 14.2. The Morgan fingerprint density at radius 1 is 1.09 bits per heavy atom. The van der Waals surface area contributed by atoms with Crippen molar-refractivity contribution in [3.05, 3.63) is 29.8 Å². The summed E-state index contributed by atoms with van der Waals surface area (Å²) >= 11 is 0. The van der Waals surface area contributed by atoms with E-state index in [2.05, 4.69) is 13.8 Å². The molecule has 0 N–H and O–H groups in total. The average molecular weight is 645 g/mol. The number of esters is 1. The lowest BCUT2D eigenvalue weighted by molar-refractivity contribution is -0.183. The highest BCUT2D eigenvalue weighted by molar-refractivity contribution is 7.98. The zero-order valence-electron chi connectivity index (χ0n) is 25.0. The van der Waals surface area contributed by atoms with E-state index in [1.165, 1.54) is 0 Å². The smallest absolute Gasteiger partial charge is 0.367 e. The molecule has 43 heavy (non-hydrogen) atoms. The first-order chi connectivity index (χ1) is 20.2. The Kier molecular flexibility index (Phi) is 9.26. The van der Waals surface area contributed by atoms with E-state index in [-0.39, 0.29) is 51.0 Å². The second kappa shape index (κ2) is 12.2. The van der Waals surface area contributed by atoms with Gasteiger partial charge in [0, 0.05) is 21.9 Å². The van der Waals surface area contributed by atoms with E-state index in [4.69, 9.17) is 14.2 Å². The minimum Gasteiger partial charge on any atom is -0.743 e. The van der Waals surface area contributed by atoms with Crippen LogP contribution in [0.15, 0.2) is 24.3 Å². The van der Waals surface area contributed by atoms with Gasteiger partial charge in [-0.05, 0) is 93.4 Å². The number of rotatable bonds is 12. The third kappa shape index (κ3) is 6.63. The van der Waals surface area contributed by atoms with Gasteiger partial charge < -0.3 is 18.8 Å². The van der Waals surface area contributed by atoms with Gasteiger partial charge in [0.05, 0.1) is 25.2 Å². The summed E-state index contributed by atoms with van der Waals surface area (Å²) in [5, 5.41) is -4.85. The summed E-state index contributed by atoms with van der Waals surface area (Å²) in [6, 6.07) is 7.37. The van der Waals surface area contributed by atoms with Gasteiger partial charge in [0.15, 0.2) is 22.0 Å². The number of carbonyl (C=O) groups is 2. The first-order valence-corrected chi connectivity index (χ1v) is 18.2. The second-order valence-electron chi connectivity index (χ2n) is 13.5. The number of halogens is 2. The van der Waals surface area contributed by atoms with Crippen LogP contribution in [0, 0.1) is 34.5 Å². The van der Waals surface area contributed by atoms with Crippen LogP contribution in [0.25, 0.3) is 0 Å². The number of Topliss-reactive ketones (excluding diaryl/α,β-unsaturated/α-hetero) is 1. The summed E-state index contributed by atoms with van der Waals surface area (Å²) < 4.78 is 76.3. The van der Waals surface area contributed by atoms with E-state index in [1.54, 1.807) is 0 Å². The maximum Gasteiger partial charge on any atom is 0.367 e. The summed E-state index contributed by atoms with van der Waals surface area (Å²) in [7, 11) is -6.09. The van der Waals surface area contributed by atoms with Crippen molar-refractivity contribution >= 4 is 32.8 Å². The molecule has 0 amide bonds. The molecule has 5 aliphatic rings. The largest absolute Gasteiger partial charge is 0.743 e. The van der Waals surface area contributed by atoms with E-state index in [9.17, 15) is 31.3 Å².